The number of rotatable bonds is 5. The average molecular weight is 362 g/mol. The number of nitrogens with zero attached hydrogens (tertiary/aromatic N) is 1. The second kappa shape index (κ2) is 8.54. The molecule has 2 unspecified atom stereocenters. The normalized spacial score (nSPS) is 20.1. The van der Waals surface area contributed by atoms with Gasteiger partial charge in [-0.1, -0.05) is 12.1 Å². The maximum absolute atomic E-state index is 11.8. The number of methoxy groups -OCH3 is 1. The third kappa shape index (κ3) is 6.02. The van der Waals surface area contributed by atoms with Crippen LogP contribution in [0, 0.1) is 5.92 Å². The molecule has 2 rings (SSSR count). The Kier molecular flexibility index (Phi) is 6.64. The van der Waals surface area contributed by atoms with Gasteiger partial charge in [-0.3, -0.25) is 15.0 Å². The number of nitrogens with one attached hydrogen (secondary N) is 1. The van der Waals surface area contributed by atoms with Crippen LogP contribution in [0.2, 0.25) is 0 Å². The highest BCUT2D eigenvalue weighted by atomic mass is 16.6. The van der Waals surface area contributed by atoms with Crippen molar-refractivity contribution in [2.24, 2.45) is 5.92 Å². The quantitative estimate of drug-likeness (QED) is 0.807. The van der Waals surface area contributed by atoms with Gasteiger partial charge in [0.2, 0.25) is 0 Å². The van der Waals surface area contributed by atoms with Gasteiger partial charge in [-0.2, -0.15) is 0 Å². The Morgan fingerprint density at radius 3 is 2.42 bits per heavy atom. The van der Waals surface area contributed by atoms with Crippen molar-refractivity contribution in [1.29, 1.82) is 0 Å². The van der Waals surface area contributed by atoms with Gasteiger partial charge in [0.05, 0.1) is 13.0 Å². The Hall–Kier alpha value is -2.08. The highest BCUT2D eigenvalue weighted by Gasteiger charge is 2.32. The molecule has 26 heavy (non-hydrogen) atoms. The van der Waals surface area contributed by atoms with Gasteiger partial charge in [0.1, 0.15) is 5.60 Å². The van der Waals surface area contributed by atoms with Crippen molar-refractivity contribution in [3.05, 3.63) is 29.8 Å². The van der Waals surface area contributed by atoms with Gasteiger partial charge in [0.25, 0.3) is 0 Å². The molecule has 6 heteroatoms. The van der Waals surface area contributed by atoms with Gasteiger partial charge in [0, 0.05) is 18.3 Å². The van der Waals surface area contributed by atoms with E-state index >= 15 is 0 Å². The first-order valence-corrected chi connectivity index (χ1v) is 9.05. The maximum atomic E-state index is 11.8. The third-order valence-corrected chi connectivity index (χ3v) is 4.59. The highest BCUT2D eigenvalue weighted by molar-refractivity contribution is 5.84. The second-order valence-corrected chi connectivity index (χ2v) is 7.93. The minimum Gasteiger partial charge on any atom is -0.469 e. The van der Waals surface area contributed by atoms with E-state index in [9.17, 15) is 9.59 Å². The number of amides is 1. The van der Waals surface area contributed by atoms with Gasteiger partial charge in [-0.25, -0.2) is 4.79 Å². The smallest absolute Gasteiger partial charge is 0.412 e. The molecule has 0 bridgehead atoms. The van der Waals surface area contributed by atoms with E-state index in [0.29, 0.717) is 11.7 Å². The molecule has 1 aromatic rings. The van der Waals surface area contributed by atoms with Crippen LogP contribution in [0.5, 0.6) is 0 Å². The van der Waals surface area contributed by atoms with Crippen molar-refractivity contribution in [1.82, 2.24) is 4.90 Å². The van der Waals surface area contributed by atoms with Crippen LogP contribution in [-0.4, -0.2) is 42.8 Å². The lowest BCUT2D eigenvalue weighted by atomic mass is 10.1. The van der Waals surface area contributed by atoms with Gasteiger partial charge in [-0.15, -0.1) is 0 Å². The zero-order valence-electron chi connectivity index (χ0n) is 16.4. The van der Waals surface area contributed by atoms with Crippen molar-refractivity contribution >= 4 is 17.7 Å². The van der Waals surface area contributed by atoms with Crippen molar-refractivity contribution in [2.45, 2.75) is 58.2 Å². The van der Waals surface area contributed by atoms with Crippen LogP contribution in [0.4, 0.5) is 10.5 Å². The minimum absolute atomic E-state index is 0.0212. The van der Waals surface area contributed by atoms with E-state index in [1.165, 1.54) is 7.11 Å². The van der Waals surface area contributed by atoms with Gasteiger partial charge >= 0.3 is 12.1 Å². The van der Waals surface area contributed by atoms with E-state index in [0.717, 1.165) is 31.4 Å². The van der Waals surface area contributed by atoms with Crippen molar-refractivity contribution in [2.75, 3.05) is 19.5 Å². The number of ether oxygens (including phenoxy) is 2. The lowest BCUT2D eigenvalue weighted by Crippen LogP contribution is -2.29. The maximum Gasteiger partial charge on any atom is 0.412 e. The first-order chi connectivity index (χ1) is 12.2. The molecule has 1 aromatic carbocycles. The molecule has 1 amide bonds. The standard InChI is InChI=1S/C20H30N2O4/c1-20(2,3)26-19(24)21-16-9-6-14(7-10-16)13-22(4)17-11-8-15(12-17)18(23)25-5/h6-7,9-10,15,17H,8,11-13H2,1-5H3,(H,21,24). The van der Waals surface area contributed by atoms with E-state index < -0.39 is 11.7 Å². The fraction of sp³-hybridized carbons (Fsp3) is 0.600. The van der Waals surface area contributed by atoms with Crippen LogP contribution < -0.4 is 5.32 Å². The van der Waals surface area contributed by atoms with Crippen molar-refractivity contribution in [3.63, 3.8) is 0 Å². The summed E-state index contributed by atoms with van der Waals surface area (Å²) in [4.78, 5) is 25.7. The van der Waals surface area contributed by atoms with Crippen LogP contribution in [0.1, 0.15) is 45.6 Å². The number of anilines is 1. The second-order valence-electron chi connectivity index (χ2n) is 7.93. The molecule has 0 saturated heterocycles. The van der Waals surface area contributed by atoms with E-state index in [4.69, 9.17) is 9.47 Å². The molecule has 1 aliphatic carbocycles. The van der Waals surface area contributed by atoms with Crippen LogP contribution >= 0.6 is 0 Å². The van der Waals surface area contributed by atoms with Crippen LogP contribution in [-0.2, 0) is 20.8 Å². The Labute approximate surface area is 155 Å². The van der Waals surface area contributed by atoms with Crippen LogP contribution in [0.15, 0.2) is 24.3 Å². The molecular weight excluding hydrogens is 332 g/mol. The zero-order valence-corrected chi connectivity index (χ0v) is 16.4. The molecule has 144 valence electrons. The number of benzene rings is 1. The summed E-state index contributed by atoms with van der Waals surface area (Å²) in [5, 5.41) is 2.73. The first kappa shape index (κ1) is 20.2. The molecule has 1 aliphatic rings. The summed E-state index contributed by atoms with van der Waals surface area (Å²) < 4.78 is 10.1. The third-order valence-electron chi connectivity index (χ3n) is 4.59. The molecule has 0 spiro atoms. The van der Waals surface area contributed by atoms with Gasteiger partial charge < -0.3 is 9.47 Å². The predicted octanol–water partition coefficient (Wildman–Crippen LogP) is 3.81. The van der Waals surface area contributed by atoms with Crippen LogP contribution in [0.3, 0.4) is 0 Å². The van der Waals surface area contributed by atoms with Gasteiger partial charge in [-0.05, 0) is 64.8 Å². The van der Waals surface area contributed by atoms with Crippen LogP contribution in [0.25, 0.3) is 0 Å². The molecule has 1 fully saturated rings. The molecule has 0 aromatic heterocycles. The first-order valence-electron chi connectivity index (χ1n) is 9.05. The lowest BCUT2D eigenvalue weighted by Gasteiger charge is -2.24. The number of hydrogen-bond donors (Lipinski definition) is 1. The largest absolute Gasteiger partial charge is 0.469 e. The lowest BCUT2D eigenvalue weighted by molar-refractivity contribution is -0.145. The molecule has 2 atom stereocenters. The van der Waals surface area contributed by atoms with E-state index in [1.807, 2.05) is 45.0 Å². The molecule has 0 radical (unpaired) electrons. The van der Waals surface area contributed by atoms with E-state index in [2.05, 4.69) is 17.3 Å². The average Bonchev–Trinajstić information content (AvgIpc) is 3.04. The Balaban J connectivity index is 1.85. The fourth-order valence-corrected chi connectivity index (χ4v) is 3.27. The predicted molar refractivity (Wildman–Crippen MR) is 101 cm³/mol. The zero-order chi connectivity index (χ0) is 19.3. The molecule has 0 heterocycles. The Bertz CT molecular complexity index is 622. The summed E-state index contributed by atoms with van der Waals surface area (Å²) in [6.07, 6.45) is 2.29. The summed E-state index contributed by atoms with van der Waals surface area (Å²) in [5.74, 6) is -0.0775. The number of hydrogen-bond acceptors (Lipinski definition) is 5. The summed E-state index contributed by atoms with van der Waals surface area (Å²) in [5.41, 5.74) is 1.34. The van der Waals surface area contributed by atoms with Crippen molar-refractivity contribution < 1.29 is 19.1 Å². The van der Waals surface area contributed by atoms with E-state index in [-0.39, 0.29) is 11.9 Å². The minimum atomic E-state index is -0.518. The Morgan fingerprint density at radius 2 is 1.85 bits per heavy atom. The monoisotopic (exact) mass is 362 g/mol. The summed E-state index contributed by atoms with van der Waals surface area (Å²) >= 11 is 0. The number of carbonyl (C=O) groups excluding carboxylic acids is 2. The molecule has 0 aliphatic heterocycles. The molecule has 1 saturated carbocycles. The number of esters is 1. The fourth-order valence-electron chi connectivity index (χ4n) is 3.27. The van der Waals surface area contributed by atoms with Crippen molar-refractivity contribution in [3.8, 4) is 0 Å². The summed E-state index contributed by atoms with van der Waals surface area (Å²) in [6, 6.07) is 8.13. The molecule has 6 nitrogen and oxygen atoms in total. The topological polar surface area (TPSA) is 67.9 Å². The van der Waals surface area contributed by atoms with E-state index in [1.54, 1.807) is 0 Å². The van der Waals surface area contributed by atoms with Gasteiger partial charge in [0.15, 0.2) is 0 Å². The Morgan fingerprint density at radius 1 is 1.19 bits per heavy atom. The SMILES string of the molecule is COC(=O)C1CCC(N(C)Cc2ccc(NC(=O)OC(C)(C)C)cc2)C1. The molecule has 1 N–H and O–H groups in total. The summed E-state index contributed by atoms with van der Waals surface area (Å²) in [7, 11) is 3.53. The highest BCUT2D eigenvalue weighted by Crippen LogP contribution is 2.30. The number of carbonyl (C=O) groups is 2. The summed E-state index contributed by atoms with van der Waals surface area (Å²) in [6.45, 7) is 6.29. The molecular formula is C20H30N2O4.